The SMILES string of the molecule is CCOC(=O)C1(N)Cc2ccc(-c3ccc(OC(F)(F)F)cc3)cc2C1. The standard InChI is InChI=1S/C19H18F3NO3/c1-2-25-17(24)18(23)10-14-4-3-13(9-15(14)11-18)12-5-7-16(8-6-12)26-19(20,21)22/h3-9H,2,10-11,23H2,1H3. The van der Waals surface area contributed by atoms with Crippen LogP contribution in [0.25, 0.3) is 11.1 Å². The number of carbonyl (C=O) groups is 1. The number of carbonyl (C=O) groups excluding carboxylic acids is 1. The molecule has 3 rings (SSSR count). The van der Waals surface area contributed by atoms with Gasteiger partial charge in [-0.15, -0.1) is 13.2 Å². The molecule has 0 bridgehead atoms. The predicted molar refractivity (Wildman–Crippen MR) is 89.5 cm³/mol. The first-order chi connectivity index (χ1) is 12.2. The lowest BCUT2D eigenvalue weighted by Gasteiger charge is -2.20. The van der Waals surface area contributed by atoms with Gasteiger partial charge in [0.1, 0.15) is 11.3 Å². The largest absolute Gasteiger partial charge is 0.573 e. The third kappa shape index (κ3) is 3.83. The lowest BCUT2D eigenvalue weighted by atomic mass is 9.97. The molecule has 2 aromatic carbocycles. The van der Waals surface area contributed by atoms with E-state index >= 15 is 0 Å². The number of hydrogen-bond donors (Lipinski definition) is 1. The van der Waals surface area contributed by atoms with Crippen LogP contribution < -0.4 is 10.5 Å². The second kappa shape index (κ2) is 6.64. The summed E-state index contributed by atoms with van der Waals surface area (Å²) in [6, 6.07) is 11.3. The molecule has 2 N–H and O–H groups in total. The van der Waals surface area contributed by atoms with Crippen molar-refractivity contribution in [1.82, 2.24) is 0 Å². The Hall–Kier alpha value is -2.54. The Morgan fingerprint density at radius 1 is 1.08 bits per heavy atom. The molecule has 2 aromatic rings. The van der Waals surface area contributed by atoms with E-state index < -0.39 is 17.9 Å². The van der Waals surface area contributed by atoms with Gasteiger partial charge in [-0.3, -0.25) is 4.79 Å². The van der Waals surface area contributed by atoms with Crippen molar-refractivity contribution in [2.24, 2.45) is 5.73 Å². The Balaban J connectivity index is 1.80. The maximum absolute atomic E-state index is 12.2. The number of nitrogens with two attached hydrogens (primary N) is 1. The summed E-state index contributed by atoms with van der Waals surface area (Å²) in [5.74, 6) is -0.697. The van der Waals surface area contributed by atoms with E-state index in [0.29, 0.717) is 12.8 Å². The quantitative estimate of drug-likeness (QED) is 0.841. The first kappa shape index (κ1) is 18.3. The fourth-order valence-electron chi connectivity index (χ4n) is 3.15. The monoisotopic (exact) mass is 365 g/mol. The van der Waals surface area contributed by atoms with Gasteiger partial charge < -0.3 is 15.2 Å². The Bertz CT molecular complexity index is 818. The number of fused-ring (bicyclic) bond motifs is 1. The molecular weight excluding hydrogens is 347 g/mol. The van der Waals surface area contributed by atoms with Crippen molar-refractivity contribution in [1.29, 1.82) is 0 Å². The average Bonchev–Trinajstić information content (AvgIpc) is 2.91. The van der Waals surface area contributed by atoms with Gasteiger partial charge in [0.05, 0.1) is 6.61 Å². The van der Waals surface area contributed by atoms with Crippen molar-refractivity contribution in [2.75, 3.05) is 6.61 Å². The second-order valence-electron chi connectivity index (χ2n) is 6.29. The molecule has 1 aliphatic carbocycles. The Labute approximate surface area is 148 Å². The van der Waals surface area contributed by atoms with Crippen LogP contribution in [-0.4, -0.2) is 24.5 Å². The number of ether oxygens (including phenoxy) is 2. The topological polar surface area (TPSA) is 61.5 Å². The summed E-state index contributed by atoms with van der Waals surface area (Å²) in [4.78, 5) is 12.1. The molecule has 26 heavy (non-hydrogen) atoms. The van der Waals surface area contributed by atoms with Gasteiger partial charge in [0.15, 0.2) is 0 Å². The van der Waals surface area contributed by atoms with E-state index in [4.69, 9.17) is 10.5 Å². The molecule has 0 radical (unpaired) electrons. The summed E-state index contributed by atoms with van der Waals surface area (Å²) in [6.07, 6.45) is -3.95. The molecule has 1 atom stereocenters. The molecule has 1 unspecified atom stereocenters. The van der Waals surface area contributed by atoms with Crippen LogP contribution in [0.2, 0.25) is 0 Å². The summed E-state index contributed by atoms with van der Waals surface area (Å²) >= 11 is 0. The Morgan fingerprint density at radius 3 is 2.31 bits per heavy atom. The molecule has 0 spiro atoms. The van der Waals surface area contributed by atoms with Crippen LogP contribution in [0.5, 0.6) is 5.75 Å². The van der Waals surface area contributed by atoms with Crippen molar-refractivity contribution in [2.45, 2.75) is 31.7 Å². The van der Waals surface area contributed by atoms with Crippen LogP contribution in [0.15, 0.2) is 42.5 Å². The van der Waals surface area contributed by atoms with Crippen molar-refractivity contribution < 1.29 is 27.4 Å². The maximum Gasteiger partial charge on any atom is 0.573 e. The highest BCUT2D eigenvalue weighted by Gasteiger charge is 2.41. The van der Waals surface area contributed by atoms with E-state index in [2.05, 4.69) is 4.74 Å². The number of benzene rings is 2. The molecule has 0 heterocycles. The van der Waals surface area contributed by atoms with Gasteiger partial charge in [0, 0.05) is 12.8 Å². The summed E-state index contributed by atoms with van der Waals surface area (Å²) in [5, 5.41) is 0. The van der Waals surface area contributed by atoms with Crippen molar-refractivity contribution in [3.63, 3.8) is 0 Å². The third-order valence-electron chi connectivity index (χ3n) is 4.32. The van der Waals surface area contributed by atoms with Crippen LogP contribution in [0.4, 0.5) is 13.2 Å². The zero-order chi connectivity index (χ0) is 18.9. The molecule has 0 aromatic heterocycles. The van der Waals surface area contributed by atoms with Crippen LogP contribution in [0, 0.1) is 0 Å². The van der Waals surface area contributed by atoms with Crippen LogP contribution in [-0.2, 0) is 22.4 Å². The lowest BCUT2D eigenvalue weighted by Crippen LogP contribution is -2.50. The van der Waals surface area contributed by atoms with Gasteiger partial charge >= 0.3 is 12.3 Å². The van der Waals surface area contributed by atoms with Crippen molar-refractivity contribution in [3.8, 4) is 16.9 Å². The minimum Gasteiger partial charge on any atom is -0.465 e. The minimum absolute atomic E-state index is 0.270. The first-order valence-electron chi connectivity index (χ1n) is 8.14. The number of esters is 1. The fraction of sp³-hybridized carbons (Fsp3) is 0.316. The van der Waals surface area contributed by atoms with Gasteiger partial charge in [-0.1, -0.05) is 30.3 Å². The molecule has 0 saturated carbocycles. The van der Waals surface area contributed by atoms with Gasteiger partial charge in [0.25, 0.3) is 0 Å². The van der Waals surface area contributed by atoms with E-state index in [-0.39, 0.29) is 12.4 Å². The average molecular weight is 365 g/mol. The number of halogens is 3. The normalized spacial score (nSPS) is 19.1. The van der Waals surface area contributed by atoms with Crippen LogP contribution >= 0.6 is 0 Å². The molecule has 0 amide bonds. The third-order valence-corrected chi connectivity index (χ3v) is 4.32. The number of alkyl halides is 3. The minimum atomic E-state index is -4.72. The molecule has 0 aliphatic heterocycles. The Morgan fingerprint density at radius 2 is 1.69 bits per heavy atom. The van der Waals surface area contributed by atoms with E-state index in [1.165, 1.54) is 12.1 Å². The van der Waals surface area contributed by atoms with Gasteiger partial charge in [0.2, 0.25) is 0 Å². The van der Waals surface area contributed by atoms with Gasteiger partial charge in [-0.25, -0.2) is 0 Å². The molecule has 7 heteroatoms. The summed E-state index contributed by atoms with van der Waals surface area (Å²) in [6.45, 7) is 2.00. The Kier molecular flexibility index (Phi) is 4.66. The highest BCUT2D eigenvalue weighted by Crippen LogP contribution is 2.33. The molecular formula is C19H18F3NO3. The highest BCUT2D eigenvalue weighted by molar-refractivity contribution is 5.83. The zero-order valence-electron chi connectivity index (χ0n) is 14.1. The first-order valence-corrected chi connectivity index (χ1v) is 8.14. The van der Waals surface area contributed by atoms with E-state index in [0.717, 1.165) is 22.3 Å². The summed E-state index contributed by atoms with van der Waals surface area (Å²) in [5.41, 5.74) is 8.63. The smallest absolute Gasteiger partial charge is 0.465 e. The van der Waals surface area contributed by atoms with Gasteiger partial charge in [-0.2, -0.15) is 0 Å². The molecule has 0 fully saturated rings. The van der Waals surface area contributed by atoms with Crippen molar-refractivity contribution in [3.05, 3.63) is 53.6 Å². The van der Waals surface area contributed by atoms with E-state index in [1.54, 1.807) is 19.1 Å². The fourth-order valence-corrected chi connectivity index (χ4v) is 3.15. The lowest BCUT2D eigenvalue weighted by molar-refractivity contribution is -0.274. The van der Waals surface area contributed by atoms with E-state index in [1.807, 2.05) is 18.2 Å². The number of hydrogen-bond acceptors (Lipinski definition) is 4. The molecule has 1 aliphatic rings. The van der Waals surface area contributed by atoms with Crippen LogP contribution in [0.1, 0.15) is 18.1 Å². The summed E-state index contributed by atoms with van der Waals surface area (Å²) in [7, 11) is 0. The predicted octanol–water partition coefficient (Wildman–Crippen LogP) is 3.61. The van der Waals surface area contributed by atoms with E-state index in [9.17, 15) is 18.0 Å². The molecule has 0 saturated heterocycles. The zero-order valence-corrected chi connectivity index (χ0v) is 14.1. The second-order valence-corrected chi connectivity index (χ2v) is 6.29. The van der Waals surface area contributed by atoms with Crippen molar-refractivity contribution >= 4 is 5.97 Å². The molecule has 4 nitrogen and oxygen atoms in total. The van der Waals surface area contributed by atoms with Crippen LogP contribution in [0.3, 0.4) is 0 Å². The highest BCUT2D eigenvalue weighted by atomic mass is 19.4. The number of rotatable bonds is 4. The van der Waals surface area contributed by atoms with Gasteiger partial charge in [-0.05, 0) is 41.3 Å². The molecule has 138 valence electrons. The maximum atomic E-state index is 12.2. The summed E-state index contributed by atoms with van der Waals surface area (Å²) < 4.78 is 45.6.